The van der Waals surface area contributed by atoms with Crippen molar-refractivity contribution < 1.29 is 9.53 Å². The van der Waals surface area contributed by atoms with Crippen molar-refractivity contribution in [1.82, 2.24) is 0 Å². The number of ketones is 1. The lowest BCUT2D eigenvalue weighted by molar-refractivity contribution is 0.0905. The molecule has 1 atom stereocenters. The first kappa shape index (κ1) is 14.6. The van der Waals surface area contributed by atoms with E-state index in [0.29, 0.717) is 11.3 Å². The number of Topliss-reactive ketones (excluding diaryl/α,β-unsaturated/α-hetero) is 1. The van der Waals surface area contributed by atoms with E-state index in [4.69, 9.17) is 4.74 Å². The van der Waals surface area contributed by atoms with Crippen LogP contribution < -0.4 is 4.74 Å². The molecule has 0 amide bonds. The third-order valence-corrected chi connectivity index (χ3v) is 4.01. The Labute approximate surface area is 131 Å². The Hall–Kier alpha value is -2.35. The molecule has 1 aliphatic heterocycles. The fourth-order valence-corrected chi connectivity index (χ4v) is 2.65. The Balaban J connectivity index is 1.54. The van der Waals surface area contributed by atoms with E-state index < -0.39 is 6.10 Å². The molecule has 2 heteroatoms. The van der Waals surface area contributed by atoms with Gasteiger partial charge in [0, 0.05) is 0 Å². The molecule has 1 aliphatic rings. The number of hydrogen-bond donors (Lipinski definition) is 0. The zero-order valence-corrected chi connectivity index (χ0v) is 12.8. The summed E-state index contributed by atoms with van der Waals surface area (Å²) in [5.41, 5.74) is 3.37. The minimum atomic E-state index is -0.458. The lowest BCUT2D eigenvalue weighted by Crippen LogP contribution is -2.16. The summed E-state index contributed by atoms with van der Waals surface area (Å²) in [6.07, 6.45) is 6.43. The highest BCUT2D eigenvalue weighted by Crippen LogP contribution is 2.28. The van der Waals surface area contributed by atoms with Gasteiger partial charge in [0.1, 0.15) is 5.75 Å². The largest absolute Gasteiger partial charge is 0.477 e. The number of allylic oxidation sites excluding steroid dienone is 1. The fraction of sp³-hybridized carbons (Fsp3) is 0.250. The number of carbonyl (C=O) groups excluding carboxylic acids is 1. The molecule has 0 radical (unpaired) electrons. The van der Waals surface area contributed by atoms with Crippen LogP contribution in [0.15, 0.2) is 60.7 Å². The van der Waals surface area contributed by atoms with Gasteiger partial charge in [0.25, 0.3) is 0 Å². The third-order valence-electron chi connectivity index (χ3n) is 4.01. The molecule has 112 valence electrons. The Morgan fingerprint density at radius 2 is 1.77 bits per heavy atom. The third kappa shape index (κ3) is 3.11. The predicted octanol–water partition coefficient (Wildman–Crippen LogP) is 4.38. The van der Waals surface area contributed by atoms with Crippen LogP contribution in [0.3, 0.4) is 0 Å². The minimum Gasteiger partial charge on any atom is -0.477 e. The molecule has 2 aromatic rings. The van der Waals surface area contributed by atoms with Crippen LogP contribution in [-0.4, -0.2) is 11.9 Å². The molecule has 0 N–H and O–H groups in total. The summed E-state index contributed by atoms with van der Waals surface area (Å²) in [4.78, 5) is 12.2. The molecule has 22 heavy (non-hydrogen) atoms. The number of para-hydroxylation sites is 1. The first-order valence-electron chi connectivity index (χ1n) is 7.82. The number of carbonyl (C=O) groups is 1. The monoisotopic (exact) mass is 292 g/mol. The molecule has 0 saturated heterocycles. The second-order valence-corrected chi connectivity index (χ2v) is 5.54. The molecule has 0 spiro atoms. The Morgan fingerprint density at radius 1 is 1.05 bits per heavy atom. The maximum absolute atomic E-state index is 12.2. The summed E-state index contributed by atoms with van der Waals surface area (Å²) in [5, 5.41) is 0. The molecule has 1 heterocycles. The Bertz CT molecular complexity index is 683. The summed E-state index contributed by atoms with van der Waals surface area (Å²) in [5.74, 6) is 0.747. The molecule has 0 unspecified atom stereocenters. The zero-order valence-electron chi connectivity index (χ0n) is 12.8. The van der Waals surface area contributed by atoms with Gasteiger partial charge < -0.3 is 4.74 Å². The number of ether oxygens (including phenoxy) is 1. The number of aryl methyl sites for hydroxylation is 2. The van der Waals surface area contributed by atoms with Crippen molar-refractivity contribution in [2.75, 3.05) is 0 Å². The minimum absolute atomic E-state index is 0.0548. The molecule has 2 nitrogen and oxygen atoms in total. The van der Waals surface area contributed by atoms with Crippen molar-refractivity contribution in [1.29, 1.82) is 0 Å². The van der Waals surface area contributed by atoms with Gasteiger partial charge in [0.15, 0.2) is 6.10 Å². The summed E-state index contributed by atoms with van der Waals surface area (Å²) in [7, 11) is 0. The van der Waals surface area contributed by atoms with Crippen LogP contribution in [0.1, 0.15) is 34.8 Å². The zero-order chi connectivity index (χ0) is 15.4. The molecule has 0 aliphatic carbocycles. The first-order chi connectivity index (χ1) is 10.8. The van der Waals surface area contributed by atoms with Gasteiger partial charge in [-0.3, -0.25) is 4.79 Å². The van der Waals surface area contributed by atoms with E-state index in [1.807, 2.05) is 36.4 Å². The number of hydrogen-bond acceptors (Lipinski definition) is 2. The molecular formula is C20H20O2. The van der Waals surface area contributed by atoms with Crippen molar-refractivity contribution in [3.05, 3.63) is 77.4 Å². The predicted molar refractivity (Wildman–Crippen MR) is 88.5 cm³/mol. The Kier molecular flexibility index (Phi) is 4.38. The lowest BCUT2D eigenvalue weighted by atomic mass is 10.0. The van der Waals surface area contributed by atoms with Gasteiger partial charge in [-0.15, -0.1) is 0 Å². The topological polar surface area (TPSA) is 26.3 Å². The van der Waals surface area contributed by atoms with Crippen molar-refractivity contribution in [3.8, 4) is 5.75 Å². The standard InChI is InChI=1S/C20H20O2/c1-2-15-11-13-16(14-12-15)7-3-5-10-19-20(21)17-8-4-6-9-18(17)22-19/h4-6,8-14,19H,2-3,7H2,1H3/b10-5+/t19-/m0/s1. The van der Waals surface area contributed by atoms with Gasteiger partial charge in [0.05, 0.1) is 5.56 Å². The molecule has 0 saturated carbocycles. The highest BCUT2D eigenvalue weighted by molar-refractivity contribution is 6.05. The van der Waals surface area contributed by atoms with E-state index >= 15 is 0 Å². The smallest absolute Gasteiger partial charge is 0.211 e. The van der Waals surface area contributed by atoms with Crippen molar-refractivity contribution >= 4 is 5.78 Å². The highest BCUT2D eigenvalue weighted by Gasteiger charge is 2.29. The molecule has 0 aromatic heterocycles. The van der Waals surface area contributed by atoms with Crippen LogP contribution in [0, 0.1) is 0 Å². The van der Waals surface area contributed by atoms with Gasteiger partial charge in [-0.25, -0.2) is 0 Å². The summed E-state index contributed by atoms with van der Waals surface area (Å²) < 4.78 is 5.67. The van der Waals surface area contributed by atoms with Crippen molar-refractivity contribution in [3.63, 3.8) is 0 Å². The fourth-order valence-electron chi connectivity index (χ4n) is 2.65. The van der Waals surface area contributed by atoms with Gasteiger partial charge in [-0.05, 0) is 48.6 Å². The van der Waals surface area contributed by atoms with Gasteiger partial charge in [-0.2, -0.15) is 0 Å². The SMILES string of the molecule is CCc1ccc(CC/C=C/[C@@H]2Oc3ccccc3C2=O)cc1. The number of benzene rings is 2. The van der Waals surface area contributed by atoms with E-state index in [9.17, 15) is 4.79 Å². The van der Waals surface area contributed by atoms with E-state index in [-0.39, 0.29) is 5.78 Å². The van der Waals surface area contributed by atoms with Crippen LogP contribution in [0.4, 0.5) is 0 Å². The second kappa shape index (κ2) is 6.61. The van der Waals surface area contributed by atoms with Gasteiger partial charge in [-0.1, -0.05) is 49.4 Å². The van der Waals surface area contributed by atoms with Crippen LogP contribution in [0.2, 0.25) is 0 Å². The van der Waals surface area contributed by atoms with E-state index in [2.05, 4.69) is 31.2 Å². The van der Waals surface area contributed by atoms with E-state index in [0.717, 1.165) is 19.3 Å². The summed E-state index contributed by atoms with van der Waals surface area (Å²) >= 11 is 0. The first-order valence-corrected chi connectivity index (χ1v) is 7.82. The van der Waals surface area contributed by atoms with Crippen molar-refractivity contribution in [2.45, 2.75) is 32.3 Å². The molecule has 3 rings (SSSR count). The van der Waals surface area contributed by atoms with Crippen molar-refractivity contribution in [2.24, 2.45) is 0 Å². The maximum atomic E-state index is 12.2. The molecule has 2 aromatic carbocycles. The van der Waals surface area contributed by atoms with Crippen LogP contribution in [0.5, 0.6) is 5.75 Å². The van der Waals surface area contributed by atoms with Gasteiger partial charge >= 0.3 is 0 Å². The quantitative estimate of drug-likeness (QED) is 0.764. The van der Waals surface area contributed by atoms with Crippen LogP contribution in [0.25, 0.3) is 0 Å². The van der Waals surface area contributed by atoms with E-state index in [1.165, 1.54) is 11.1 Å². The van der Waals surface area contributed by atoms with E-state index in [1.54, 1.807) is 0 Å². The second-order valence-electron chi connectivity index (χ2n) is 5.54. The highest BCUT2D eigenvalue weighted by atomic mass is 16.5. The average molecular weight is 292 g/mol. The molecular weight excluding hydrogens is 272 g/mol. The lowest BCUT2D eigenvalue weighted by Gasteiger charge is -2.03. The molecule has 0 bridgehead atoms. The maximum Gasteiger partial charge on any atom is 0.211 e. The summed E-state index contributed by atoms with van der Waals surface area (Å²) in [6.45, 7) is 2.16. The normalized spacial score (nSPS) is 16.8. The van der Waals surface area contributed by atoms with Crippen LogP contribution in [-0.2, 0) is 12.8 Å². The van der Waals surface area contributed by atoms with Crippen LogP contribution >= 0.6 is 0 Å². The summed E-state index contributed by atoms with van der Waals surface area (Å²) in [6, 6.07) is 16.1. The molecule has 0 fully saturated rings. The number of rotatable bonds is 5. The Morgan fingerprint density at radius 3 is 2.50 bits per heavy atom. The number of fused-ring (bicyclic) bond motifs is 1. The van der Waals surface area contributed by atoms with Gasteiger partial charge in [0.2, 0.25) is 5.78 Å². The average Bonchev–Trinajstić information content (AvgIpc) is 2.89.